The molecule has 3 aromatic carbocycles. The van der Waals surface area contributed by atoms with Crippen molar-refractivity contribution in [2.45, 2.75) is 12.7 Å². The van der Waals surface area contributed by atoms with Gasteiger partial charge in [0.25, 0.3) is 0 Å². The van der Waals surface area contributed by atoms with Gasteiger partial charge in [0.05, 0.1) is 13.2 Å². The molecule has 3 rings (SSSR count). The molecule has 4 nitrogen and oxygen atoms in total. The SMILES string of the molecule is CN(C)CCOCC(O)c1ccc2cc(OCc3ccccc3)ccc2c1.Cl. The summed E-state index contributed by atoms with van der Waals surface area (Å²) in [5.74, 6) is 0.840. The van der Waals surface area contributed by atoms with E-state index in [-0.39, 0.29) is 12.4 Å². The zero-order chi connectivity index (χ0) is 19.1. The van der Waals surface area contributed by atoms with Gasteiger partial charge in [-0.1, -0.05) is 48.5 Å². The van der Waals surface area contributed by atoms with E-state index in [2.05, 4.69) is 17.0 Å². The van der Waals surface area contributed by atoms with Gasteiger partial charge in [0.2, 0.25) is 0 Å². The van der Waals surface area contributed by atoms with Crippen molar-refractivity contribution in [2.24, 2.45) is 0 Å². The van der Waals surface area contributed by atoms with Crippen LogP contribution in [0.4, 0.5) is 0 Å². The van der Waals surface area contributed by atoms with Crippen LogP contribution in [-0.4, -0.2) is 43.9 Å². The van der Waals surface area contributed by atoms with E-state index in [1.54, 1.807) is 0 Å². The maximum absolute atomic E-state index is 10.3. The van der Waals surface area contributed by atoms with Crippen molar-refractivity contribution in [1.82, 2.24) is 4.90 Å². The lowest BCUT2D eigenvalue weighted by Gasteiger charge is -2.14. The van der Waals surface area contributed by atoms with Crippen LogP contribution in [0.5, 0.6) is 5.75 Å². The predicted octanol–water partition coefficient (Wildman–Crippen LogP) is 4.45. The molecule has 0 aliphatic rings. The molecule has 1 N–H and O–H groups in total. The van der Waals surface area contributed by atoms with Crippen LogP contribution in [0.15, 0.2) is 66.7 Å². The Balaban J connectivity index is 0.00000280. The first-order valence-corrected chi connectivity index (χ1v) is 9.23. The quantitative estimate of drug-likeness (QED) is 0.538. The molecule has 0 aromatic heterocycles. The van der Waals surface area contributed by atoms with E-state index < -0.39 is 6.10 Å². The van der Waals surface area contributed by atoms with Gasteiger partial charge in [0.1, 0.15) is 18.5 Å². The Bertz CT molecular complexity index is 855. The minimum absolute atomic E-state index is 0. The first kappa shape index (κ1) is 22.2. The number of benzene rings is 3. The van der Waals surface area contributed by atoms with Crippen LogP contribution in [0.2, 0.25) is 0 Å². The predicted molar refractivity (Wildman–Crippen MR) is 116 cm³/mol. The van der Waals surface area contributed by atoms with Crippen LogP contribution >= 0.6 is 12.4 Å². The van der Waals surface area contributed by atoms with Crippen LogP contribution in [0.25, 0.3) is 10.8 Å². The van der Waals surface area contributed by atoms with Gasteiger partial charge in [0, 0.05) is 6.54 Å². The van der Waals surface area contributed by atoms with Crippen molar-refractivity contribution in [3.8, 4) is 5.75 Å². The molecule has 0 aliphatic heterocycles. The number of halogens is 1. The highest BCUT2D eigenvalue weighted by Crippen LogP contribution is 2.25. The number of aliphatic hydroxyl groups excluding tert-OH is 1. The number of rotatable bonds is 9. The summed E-state index contributed by atoms with van der Waals surface area (Å²) in [6.07, 6.45) is -0.620. The van der Waals surface area contributed by atoms with E-state index in [0.29, 0.717) is 19.8 Å². The second-order valence-electron chi connectivity index (χ2n) is 6.94. The van der Waals surface area contributed by atoms with E-state index in [1.165, 1.54) is 0 Å². The Labute approximate surface area is 173 Å². The van der Waals surface area contributed by atoms with Crippen LogP contribution in [0, 0.1) is 0 Å². The summed E-state index contributed by atoms with van der Waals surface area (Å²) in [5.41, 5.74) is 2.01. The standard InChI is InChI=1S/C23H27NO3.ClH/c1-24(2)12-13-26-17-23(25)21-9-8-20-15-22(11-10-19(20)14-21)27-16-18-6-4-3-5-7-18;/h3-11,14-15,23,25H,12-13,16-17H2,1-2H3;1H. The molecule has 0 saturated carbocycles. The molecule has 0 aliphatic carbocycles. The number of hydrogen-bond acceptors (Lipinski definition) is 4. The molecule has 1 unspecified atom stereocenters. The first-order valence-electron chi connectivity index (χ1n) is 9.23. The lowest BCUT2D eigenvalue weighted by Crippen LogP contribution is -2.19. The number of likely N-dealkylation sites (N-methyl/N-ethyl adjacent to an activating group) is 1. The van der Waals surface area contributed by atoms with E-state index in [1.807, 2.05) is 68.7 Å². The molecule has 0 fully saturated rings. The molecule has 0 bridgehead atoms. The average Bonchev–Trinajstić information content (AvgIpc) is 2.69. The zero-order valence-corrected chi connectivity index (χ0v) is 17.2. The molecule has 3 aromatic rings. The van der Waals surface area contributed by atoms with Crippen molar-refractivity contribution in [3.63, 3.8) is 0 Å². The number of ether oxygens (including phenoxy) is 2. The maximum Gasteiger partial charge on any atom is 0.120 e. The largest absolute Gasteiger partial charge is 0.489 e. The molecule has 1 atom stereocenters. The van der Waals surface area contributed by atoms with Gasteiger partial charge in [-0.25, -0.2) is 0 Å². The van der Waals surface area contributed by atoms with E-state index >= 15 is 0 Å². The van der Waals surface area contributed by atoms with Crippen LogP contribution in [0.1, 0.15) is 17.2 Å². The smallest absolute Gasteiger partial charge is 0.120 e. The lowest BCUT2D eigenvalue weighted by atomic mass is 10.0. The van der Waals surface area contributed by atoms with Crippen molar-refractivity contribution in [1.29, 1.82) is 0 Å². The number of aliphatic hydroxyl groups is 1. The summed E-state index contributed by atoms with van der Waals surface area (Å²) >= 11 is 0. The second kappa shape index (κ2) is 11.0. The molecule has 28 heavy (non-hydrogen) atoms. The van der Waals surface area contributed by atoms with Gasteiger partial charge in [-0.05, 0) is 54.2 Å². The average molecular weight is 402 g/mol. The van der Waals surface area contributed by atoms with Crippen molar-refractivity contribution < 1.29 is 14.6 Å². The van der Waals surface area contributed by atoms with Crippen molar-refractivity contribution in [2.75, 3.05) is 33.9 Å². The summed E-state index contributed by atoms with van der Waals surface area (Å²) in [6, 6.07) is 22.1. The normalized spacial score (nSPS) is 12.0. The number of fused-ring (bicyclic) bond motifs is 1. The van der Waals surface area contributed by atoms with Crippen molar-refractivity contribution in [3.05, 3.63) is 77.9 Å². The third-order valence-corrected chi connectivity index (χ3v) is 4.43. The van der Waals surface area contributed by atoms with Gasteiger partial charge < -0.3 is 19.5 Å². The fraction of sp³-hybridized carbons (Fsp3) is 0.304. The highest BCUT2D eigenvalue weighted by atomic mass is 35.5. The Morgan fingerprint density at radius 2 is 1.64 bits per heavy atom. The van der Waals surface area contributed by atoms with Gasteiger partial charge in [-0.2, -0.15) is 0 Å². The summed E-state index contributed by atoms with van der Waals surface area (Å²) in [7, 11) is 4.00. The minimum atomic E-state index is -0.620. The summed E-state index contributed by atoms with van der Waals surface area (Å²) < 4.78 is 11.4. The number of nitrogens with zero attached hydrogens (tertiary/aromatic N) is 1. The summed E-state index contributed by atoms with van der Waals surface area (Å²) in [6.45, 7) is 2.31. The summed E-state index contributed by atoms with van der Waals surface area (Å²) in [5, 5.41) is 12.5. The monoisotopic (exact) mass is 401 g/mol. The fourth-order valence-electron chi connectivity index (χ4n) is 2.82. The van der Waals surface area contributed by atoms with Gasteiger partial charge in [-0.3, -0.25) is 0 Å². The highest BCUT2D eigenvalue weighted by molar-refractivity contribution is 5.85. The lowest BCUT2D eigenvalue weighted by molar-refractivity contribution is 0.0307. The molecular weight excluding hydrogens is 374 g/mol. The highest BCUT2D eigenvalue weighted by Gasteiger charge is 2.09. The van der Waals surface area contributed by atoms with Gasteiger partial charge in [-0.15, -0.1) is 12.4 Å². The second-order valence-corrected chi connectivity index (χ2v) is 6.94. The van der Waals surface area contributed by atoms with Crippen LogP contribution < -0.4 is 4.74 Å². The Morgan fingerprint density at radius 1 is 0.929 bits per heavy atom. The number of hydrogen-bond donors (Lipinski definition) is 1. The van der Waals surface area contributed by atoms with Crippen LogP contribution in [-0.2, 0) is 11.3 Å². The topological polar surface area (TPSA) is 41.9 Å². The van der Waals surface area contributed by atoms with Crippen molar-refractivity contribution >= 4 is 23.2 Å². The first-order chi connectivity index (χ1) is 13.1. The zero-order valence-electron chi connectivity index (χ0n) is 16.4. The third-order valence-electron chi connectivity index (χ3n) is 4.43. The third kappa shape index (κ3) is 6.50. The fourth-order valence-corrected chi connectivity index (χ4v) is 2.82. The van der Waals surface area contributed by atoms with Gasteiger partial charge in [0.15, 0.2) is 0 Å². The van der Waals surface area contributed by atoms with E-state index in [4.69, 9.17) is 9.47 Å². The Hall–Kier alpha value is -2.11. The Morgan fingerprint density at radius 3 is 2.39 bits per heavy atom. The summed E-state index contributed by atoms with van der Waals surface area (Å²) in [4.78, 5) is 2.06. The molecule has 0 radical (unpaired) electrons. The van der Waals surface area contributed by atoms with Gasteiger partial charge >= 0.3 is 0 Å². The molecule has 0 amide bonds. The molecular formula is C23H28ClNO3. The molecule has 0 spiro atoms. The molecule has 150 valence electrons. The molecule has 0 heterocycles. The van der Waals surface area contributed by atoms with Crippen LogP contribution in [0.3, 0.4) is 0 Å². The maximum atomic E-state index is 10.3. The van der Waals surface area contributed by atoms with E-state index in [0.717, 1.165) is 34.2 Å². The Kier molecular flexibility index (Phi) is 8.74. The van der Waals surface area contributed by atoms with E-state index in [9.17, 15) is 5.11 Å². The molecule has 0 saturated heterocycles. The molecule has 5 heteroatoms. The minimum Gasteiger partial charge on any atom is -0.489 e.